The number of nitrogens with one attached hydrogen (secondary N) is 1. The Hall–Kier alpha value is -2.65. The second kappa shape index (κ2) is 9.92. The summed E-state index contributed by atoms with van der Waals surface area (Å²) in [6.07, 6.45) is 4.15. The summed E-state index contributed by atoms with van der Waals surface area (Å²) in [5.74, 6) is -1.13. The molecule has 0 radical (unpaired) electrons. The van der Waals surface area contributed by atoms with Crippen LogP contribution in [0.4, 0.5) is 4.39 Å². The number of sulfonamides is 1. The Balaban J connectivity index is 1.38. The summed E-state index contributed by atoms with van der Waals surface area (Å²) in [7, 11) is -3.80. The van der Waals surface area contributed by atoms with Crippen LogP contribution in [-0.2, 0) is 10.0 Å². The maximum Gasteiger partial charge on any atom is 0.267 e. The van der Waals surface area contributed by atoms with E-state index in [1.807, 2.05) is 4.72 Å². The molecule has 1 N–H and O–H groups in total. The van der Waals surface area contributed by atoms with Crippen LogP contribution in [0.5, 0.6) is 5.75 Å². The number of rotatable bonds is 7. The summed E-state index contributed by atoms with van der Waals surface area (Å²) in [5.41, 5.74) is 0.966. The Morgan fingerprint density at radius 3 is 2.47 bits per heavy atom. The summed E-state index contributed by atoms with van der Waals surface area (Å²) in [5, 5.41) is 0.521. The van der Waals surface area contributed by atoms with Crippen LogP contribution < -0.4 is 9.46 Å². The van der Waals surface area contributed by atoms with Crippen LogP contribution in [0.1, 0.15) is 57.9 Å². The van der Waals surface area contributed by atoms with Crippen molar-refractivity contribution < 1.29 is 27.1 Å². The van der Waals surface area contributed by atoms with E-state index in [-0.39, 0.29) is 23.3 Å². The minimum absolute atomic E-state index is 0.0529. The number of nitrogens with zero attached hydrogens (tertiary/aromatic N) is 1. The minimum Gasteiger partial charge on any atom is -0.493 e. The maximum atomic E-state index is 14.6. The van der Waals surface area contributed by atoms with Crippen molar-refractivity contribution in [3.05, 3.63) is 63.9 Å². The van der Waals surface area contributed by atoms with Crippen molar-refractivity contribution in [3.63, 3.8) is 0 Å². The molecule has 10 heteroatoms. The lowest BCUT2D eigenvalue weighted by Crippen LogP contribution is -2.39. The topological polar surface area (TPSA) is 92.8 Å². The number of amides is 2. The van der Waals surface area contributed by atoms with E-state index in [0.717, 1.165) is 31.9 Å². The van der Waals surface area contributed by atoms with E-state index in [2.05, 4.69) is 0 Å². The highest BCUT2D eigenvalue weighted by Crippen LogP contribution is 2.45. The highest BCUT2D eigenvalue weighted by Gasteiger charge is 2.31. The number of benzene rings is 2. The first-order chi connectivity index (χ1) is 16.1. The van der Waals surface area contributed by atoms with Gasteiger partial charge in [-0.05, 0) is 67.3 Å². The molecule has 0 unspecified atom stereocenters. The van der Waals surface area contributed by atoms with Crippen LogP contribution in [-0.4, -0.2) is 51.1 Å². The molecule has 2 amide bonds. The summed E-state index contributed by atoms with van der Waals surface area (Å²) < 4.78 is 45.1. The monoisotopic (exact) mass is 508 g/mol. The van der Waals surface area contributed by atoms with Gasteiger partial charge in [-0.25, -0.2) is 17.5 Å². The van der Waals surface area contributed by atoms with E-state index in [9.17, 15) is 22.4 Å². The SMILES string of the molecule is CS(=O)(=O)NC(=O)c1cc(C2CC2)c(OCC2CCN(C(=O)c3cccc(Cl)c3)CC2)cc1F. The van der Waals surface area contributed by atoms with Gasteiger partial charge in [0.05, 0.1) is 18.4 Å². The van der Waals surface area contributed by atoms with Gasteiger partial charge in [-0.2, -0.15) is 0 Å². The van der Waals surface area contributed by atoms with Gasteiger partial charge in [0.15, 0.2) is 0 Å². The molecule has 0 bridgehead atoms. The quantitative estimate of drug-likeness (QED) is 0.610. The molecule has 1 heterocycles. The first kappa shape index (κ1) is 24.5. The average Bonchev–Trinajstić information content (AvgIpc) is 3.61. The van der Waals surface area contributed by atoms with Crippen LogP contribution in [0, 0.1) is 11.7 Å². The molecule has 7 nitrogen and oxygen atoms in total. The van der Waals surface area contributed by atoms with Crippen molar-refractivity contribution in [2.75, 3.05) is 26.0 Å². The zero-order valence-corrected chi connectivity index (χ0v) is 20.3. The Labute approximate surface area is 203 Å². The van der Waals surface area contributed by atoms with Gasteiger partial charge in [0.25, 0.3) is 11.8 Å². The predicted octanol–water partition coefficient (Wildman–Crippen LogP) is 3.98. The number of halogens is 2. The molecule has 1 saturated heterocycles. The largest absolute Gasteiger partial charge is 0.493 e. The third kappa shape index (κ3) is 6.07. The third-order valence-electron chi connectivity index (χ3n) is 6.09. The van der Waals surface area contributed by atoms with Crippen molar-refractivity contribution in [2.45, 2.75) is 31.6 Å². The van der Waals surface area contributed by atoms with Gasteiger partial charge in [0.1, 0.15) is 11.6 Å². The van der Waals surface area contributed by atoms with E-state index >= 15 is 0 Å². The van der Waals surface area contributed by atoms with E-state index < -0.39 is 21.7 Å². The van der Waals surface area contributed by atoms with Crippen molar-refractivity contribution in [2.24, 2.45) is 5.92 Å². The second-order valence-corrected chi connectivity index (χ2v) is 11.1. The fourth-order valence-electron chi connectivity index (χ4n) is 4.12. The van der Waals surface area contributed by atoms with Crippen LogP contribution >= 0.6 is 11.6 Å². The number of carbonyl (C=O) groups is 2. The highest BCUT2D eigenvalue weighted by molar-refractivity contribution is 7.89. The van der Waals surface area contributed by atoms with Gasteiger partial charge < -0.3 is 9.64 Å². The molecule has 4 rings (SSSR count). The first-order valence-corrected chi connectivity index (χ1v) is 13.4. The second-order valence-electron chi connectivity index (χ2n) is 8.90. The molecular weight excluding hydrogens is 483 g/mol. The minimum atomic E-state index is -3.80. The molecule has 182 valence electrons. The van der Waals surface area contributed by atoms with E-state index in [1.54, 1.807) is 29.2 Å². The molecular formula is C24H26ClFN2O5S. The number of likely N-dealkylation sites (tertiary alicyclic amines) is 1. The standard InChI is InChI=1S/C24H26ClFN2O5S/c1-34(31,32)27-23(29)20-12-19(16-5-6-16)22(13-21(20)26)33-14-15-7-9-28(10-8-15)24(30)17-3-2-4-18(25)11-17/h2-4,11-13,15-16H,5-10,14H2,1H3,(H,27,29). The third-order valence-corrected chi connectivity index (χ3v) is 6.88. The van der Waals surface area contributed by atoms with Gasteiger partial charge in [0.2, 0.25) is 10.0 Å². The molecule has 2 fully saturated rings. The van der Waals surface area contributed by atoms with Crippen molar-refractivity contribution in [3.8, 4) is 5.75 Å². The molecule has 2 aliphatic rings. The maximum absolute atomic E-state index is 14.6. The van der Waals surface area contributed by atoms with Gasteiger partial charge in [0, 0.05) is 29.7 Å². The van der Waals surface area contributed by atoms with E-state index in [0.29, 0.717) is 41.6 Å². The Morgan fingerprint density at radius 1 is 1.15 bits per heavy atom. The molecule has 1 saturated carbocycles. The fraction of sp³-hybridized carbons (Fsp3) is 0.417. The molecule has 0 aromatic heterocycles. The summed E-state index contributed by atoms with van der Waals surface area (Å²) in [6, 6.07) is 9.45. The van der Waals surface area contributed by atoms with Crippen molar-refractivity contribution in [1.29, 1.82) is 0 Å². The van der Waals surface area contributed by atoms with Gasteiger partial charge in [-0.15, -0.1) is 0 Å². The van der Waals surface area contributed by atoms with Crippen LogP contribution in [0.25, 0.3) is 0 Å². The van der Waals surface area contributed by atoms with Crippen molar-refractivity contribution in [1.82, 2.24) is 9.62 Å². The lowest BCUT2D eigenvalue weighted by atomic mass is 9.97. The molecule has 0 spiro atoms. The lowest BCUT2D eigenvalue weighted by Gasteiger charge is -2.32. The van der Waals surface area contributed by atoms with Crippen molar-refractivity contribution >= 4 is 33.4 Å². The number of carbonyl (C=O) groups excluding carboxylic acids is 2. The van der Waals surface area contributed by atoms with Crippen LogP contribution in [0.3, 0.4) is 0 Å². The van der Waals surface area contributed by atoms with E-state index in [4.69, 9.17) is 16.3 Å². The van der Waals surface area contributed by atoms with Crippen LogP contribution in [0.15, 0.2) is 36.4 Å². The van der Waals surface area contributed by atoms with Gasteiger partial charge in [-0.3, -0.25) is 9.59 Å². The summed E-state index contributed by atoms with van der Waals surface area (Å²) in [4.78, 5) is 26.7. The summed E-state index contributed by atoms with van der Waals surface area (Å²) in [6.45, 7) is 1.55. The first-order valence-electron chi connectivity index (χ1n) is 11.1. The Bertz CT molecular complexity index is 1210. The highest BCUT2D eigenvalue weighted by atomic mass is 35.5. The molecule has 1 aliphatic heterocycles. The van der Waals surface area contributed by atoms with Gasteiger partial charge in [-0.1, -0.05) is 17.7 Å². The molecule has 2 aromatic rings. The molecule has 0 atom stereocenters. The number of piperidine rings is 1. The van der Waals surface area contributed by atoms with Gasteiger partial charge >= 0.3 is 0 Å². The number of ether oxygens (including phenoxy) is 1. The Kier molecular flexibility index (Phi) is 7.14. The Morgan fingerprint density at radius 2 is 1.85 bits per heavy atom. The zero-order chi connectivity index (χ0) is 24.5. The average molecular weight is 509 g/mol. The molecule has 34 heavy (non-hydrogen) atoms. The van der Waals surface area contributed by atoms with E-state index in [1.165, 1.54) is 12.1 Å². The predicted molar refractivity (Wildman–Crippen MR) is 126 cm³/mol. The molecule has 1 aliphatic carbocycles. The normalized spacial score (nSPS) is 16.9. The molecule has 2 aromatic carbocycles. The smallest absolute Gasteiger partial charge is 0.267 e. The number of hydrogen-bond donors (Lipinski definition) is 1. The number of hydrogen-bond acceptors (Lipinski definition) is 5. The zero-order valence-electron chi connectivity index (χ0n) is 18.7. The summed E-state index contributed by atoms with van der Waals surface area (Å²) >= 11 is 5.99. The van der Waals surface area contributed by atoms with Crippen LogP contribution in [0.2, 0.25) is 5.02 Å². The lowest BCUT2D eigenvalue weighted by molar-refractivity contribution is 0.0660. The fourth-order valence-corrected chi connectivity index (χ4v) is 4.76.